The van der Waals surface area contributed by atoms with Crippen molar-refractivity contribution in [3.8, 4) is 0 Å². The van der Waals surface area contributed by atoms with Crippen LogP contribution in [-0.2, 0) is 5.41 Å². The van der Waals surface area contributed by atoms with Crippen LogP contribution in [0.1, 0.15) is 44.1 Å². The average Bonchev–Trinajstić information content (AvgIpc) is 2.34. The van der Waals surface area contributed by atoms with Gasteiger partial charge in [-0.2, -0.15) is 0 Å². The second-order valence-corrected chi connectivity index (χ2v) is 5.35. The molecule has 94 valence electrons. The van der Waals surface area contributed by atoms with Crippen molar-refractivity contribution in [2.24, 2.45) is 0 Å². The molecule has 0 aromatic heterocycles. The van der Waals surface area contributed by atoms with Gasteiger partial charge in [0.15, 0.2) is 0 Å². The summed E-state index contributed by atoms with van der Waals surface area (Å²) in [5.41, 5.74) is 0.950. The molecule has 1 aliphatic carbocycles. The minimum absolute atomic E-state index is 0.0432. The lowest BCUT2D eigenvalue weighted by Gasteiger charge is -2.37. The summed E-state index contributed by atoms with van der Waals surface area (Å²) >= 11 is 5.72. The molecule has 0 bridgehead atoms. The largest absolute Gasteiger partial charge is 0.396 e. The van der Waals surface area contributed by atoms with Crippen LogP contribution in [0.4, 0.5) is 4.39 Å². The van der Waals surface area contributed by atoms with Crippen LogP contribution in [0.25, 0.3) is 0 Å². The van der Waals surface area contributed by atoms with Crippen molar-refractivity contribution < 1.29 is 9.50 Å². The first-order valence-electron chi connectivity index (χ1n) is 6.24. The van der Waals surface area contributed by atoms with E-state index in [9.17, 15) is 9.50 Å². The zero-order valence-corrected chi connectivity index (χ0v) is 10.6. The molecule has 1 aromatic rings. The topological polar surface area (TPSA) is 20.2 Å². The fourth-order valence-electron chi connectivity index (χ4n) is 2.95. The lowest BCUT2D eigenvalue weighted by Crippen LogP contribution is -2.30. The Morgan fingerprint density at radius 3 is 2.53 bits per heavy atom. The molecule has 0 aliphatic heterocycles. The van der Waals surface area contributed by atoms with Crippen LogP contribution in [-0.4, -0.2) is 11.7 Å². The Morgan fingerprint density at radius 1 is 1.24 bits per heavy atom. The Kier molecular flexibility index (Phi) is 4.05. The van der Waals surface area contributed by atoms with Crippen molar-refractivity contribution in [1.29, 1.82) is 0 Å². The van der Waals surface area contributed by atoms with Crippen molar-refractivity contribution in [2.45, 2.75) is 43.9 Å². The standard InChI is InChI=1S/C14H18ClFO/c15-12-5-4-11(10-13(12)16)14(8-9-17)6-2-1-3-7-14/h4-5,10,17H,1-3,6-9H2. The van der Waals surface area contributed by atoms with E-state index in [4.69, 9.17) is 11.6 Å². The molecular formula is C14H18ClFO. The van der Waals surface area contributed by atoms with Crippen molar-refractivity contribution in [1.82, 2.24) is 0 Å². The summed E-state index contributed by atoms with van der Waals surface area (Å²) in [4.78, 5) is 0. The lowest BCUT2D eigenvalue weighted by molar-refractivity contribution is 0.197. The van der Waals surface area contributed by atoms with E-state index in [0.29, 0.717) is 6.42 Å². The number of halogens is 2. The Hall–Kier alpha value is -0.600. The molecule has 0 spiro atoms. The summed E-state index contributed by atoms with van der Waals surface area (Å²) in [5, 5.41) is 9.42. The highest BCUT2D eigenvalue weighted by Gasteiger charge is 2.33. The van der Waals surface area contributed by atoms with Gasteiger partial charge in [-0.25, -0.2) is 4.39 Å². The van der Waals surface area contributed by atoms with Crippen LogP contribution in [0, 0.1) is 5.82 Å². The van der Waals surface area contributed by atoms with Crippen molar-refractivity contribution in [3.63, 3.8) is 0 Å². The predicted molar refractivity (Wildman–Crippen MR) is 67.9 cm³/mol. The second kappa shape index (κ2) is 5.36. The highest BCUT2D eigenvalue weighted by molar-refractivity contribution is 6.30. The van der Waals surface area contributed by atoms with E-state index in [1.54, 1.807) is 12.1 Å². The average molecular weight is 257 g/mol. The van der Waals surface area contributed by atoms with E-state index >= 15 is 0 Å². The Morgan fingerprint density at radius 2 is 1.94 bits per heavy atom. The summed E-state index contributed by atoms with van der Waals surface area (Å²) in [7, 11) is 0. The lowest BCUT2D eigenvalue weighted by atomic mass is 9.67. The third kappa shape index (κ3) is 2.63. The molecule has 0 saturated heterocycles. The van der Waals surface area contributed by atoms with Gasteiger partial charge in [0.25, 0.3) is 0 Å². The van der Waals surface area contributed by atoms with Gasteiger partial charge in [0.2, 0.25) is 0 Å². The number of rotatable bonds is 3. The number of hydrogen-bond acceptors (Lipinski definition) is 1. The van der Waals surface area contributed by atoms with Gasteiger partial charge in [-0.1, -0.05) is 36.9 Å². The van der Waals surface area contributed by atoms with E-state index < -0.39 is 0 Å². The first kappa shape index (κ1) is 12.8. The normalized spacial score (nSPS) is 19.2. The second-order valence-electron chi connectivity index (χ2n) is 4.94. The number of aliphatic hydroxyl groups is 1. The molecule has 0 heterocycles. The summed E-state index contributed by atoms with van der Waals surface area (Å²) < 4.78 is 13.6. The minimum atomic E-state index is -0.355. The Labute approximate surface area is 107 Å². The fourth-order valence-corrected chi connectivity index (χ4v) is 3.07. The van der Waals surface area contributed by atoms with Gasteiger partial charge in [0.05, 0.1) is 5.02 Å². The number of aliphatic hydroxyl groups excluding tert-OH is 1. The molecule has 0 unspecified atom stereocenters. The van der Waals surface area contributed by atoms with Gasteiger partial charge in [0.1, 0.15) is 5.82 Å². The van der Waals surface area contributed by atoms with Crippen molar-refractivity contribution in [2.75, 3.05) is 6.61 Å². The molecule has 1 aliphatic rings. The zero-order valence-electron chi connectivity index (χ0n) is 9.88. The minimum Gasteiger partial charge on any atom is -0.396 e. The van der Waals surface area contributed by atoms with Crippen LogP contribution >= 0.6 is 11.6 Å². The van der Waals surface area contributed by atoms with Crippen LogP contribution < -0.4 is 0 Å². The number of hydrogen-bond donors (Lipinski definition) is 1. The summed E-state index contributed by atoms with van der Waals surface area (Å²) in [6.07, 6.45) is 6.34. The molecule has 2 rings (SSSR count). The van der Waals surface area contributed by atoms with Gasteiger partial charge < -0.3 is 5.11 Å². The molecule has 1 saturated carbocycles. The van der Waals surface area contributed by atoms with E-state index in [1.807, 2.05) is 6.07 Å². The monoisotopic (exact) mass is 256 g/mol. The molecule has 1 nitrogen and oxygen atoms in total. The van der Waals surface area contributed by atoms with E-state index in [0.717, 1.165) is 31.2 Å². The highest BCUT2D eigenvalue weighted by Crippen LogP contribution is 2.42. The van der Waals surface area contributed by atoms with Crippen LogP contribution in [0.5, 0.6) is 0 Å². The van der Waals surface area contributed by atoms with E-state index in [1.165, 1.54) is 6.42 Å². The Bertz CT molecular complexity index is 380. The fraction of sp³-hybridized carbons (Fsp3) is 0.571. The first-order chi connectivity index (χ1) is 8.18. The van der Waals surface area contributed by atoms with Gasteiger partial charge in [0, 0.05) is 6.61 Å². The van der Waals surface area contributed by atoms with Crippen LogP contribution in [0.3, 0.4) is 0 Å². The SMILES string of the molecule is OCCC1(c2ccc(Cl)c(F)c2)CCCCC1. The summed E-state index contributed by atoms with van der Waals surface area (Å²) in [6, 6.07) is 5.08. The van der Waals surface area contributed by atoms with Crippen LogP contribution in [0.2, 0.25) is 5.02 Å². The maximum Gasteiger partial charge on any atom is 0.142 e. The number of benzene rings is 1. The first-order valence-corrected chi connectivity index (χ1v) is 6.62. The van der Waals surface area contributed by atoms with E-state index in [2.05, 4.69) is 0 Å². The maximum absolute atomic E-state index is 13.6. The highest BCUT2D eigenvalue weighted by atomic mass is 35.5. The quantitative estimate of drug-likeness (QED) is 0.865. The molecule has 1 aromatic carbocycles. The molecular weight excluding hydrogens is 239 g/mol. The van der Waals surface area contributed by atoms with Gasteiger partial charge >= 0.3 is 0 Å². The predicted octanol–water partition coefficient (Wildman–Crippen LogP) is 4.06. The van der Waals surface area contributed by atoms with Gasteiger partial charge in [-0.3, -0.25) is 0 Å². The molecule has 0 atom stereocenters. The van der Waals surface area contributed by atoms with E-state index in [-0.39, 0.29) is 22.9 Å². The Balaban J connectivity index is 2.34. The molecule has 0 amide bonds. The molecule has 0 radical (unpaired) electrons. The third-order valence-electron chi connectivity index (χ3n) is 3.93. The van der Waals surface area contributed by atoms with Gasteiger partial charge in [-0.05, 0) is 42.4 Å². The summed E-state index contributed by atoms with van der Waals surface area (Å²) in [5.74, 6) is -0.355. The maximum atomic E-state index is 13.6. The third-order valence-corrected chi connectivity index (χ3v) is 4.24. The molecule has 17 heavy (non-hydrogen) atoms. The molecule has 1 N–H and O–H groups in total. The smallest absolute Gasteiger partial charge is 0.142 e. The van der Waals surface area contributed by atoms with Crippen LogP contribution in [0.15, 0.2) is 18.2 Å². The summed E-state index contributed by atoms with van der Waals surface area (Å²) in [6.45, 7) is 0.157. The van der Waals surface area contributed by atoms with Crippen molar-refractivity contribution in [3.05, 3.63) is 34.6 Å². The molecule has 3 heteroatoms. The van der Waals surface area contributed by atoms with Gasteiger partial charge in [-0.15, -0.1) is 0 Å². The zero-order chi connectivity index (χ0) is 12.3. The van der Waals surface area contributed by atoms with Crippen molar-refractivity contribution >= 4 is 11.6 Å². The molecule has 1 fully saturated rings.